The van der Waals surface area contributed by atoms with Gasteiger partial charge < -0.3 is 8.80 Å². The van der Waals surface area contributed by atoms with Crippen molar-refractivity contribution in [1.29, 1.82) is 0 Å². The van der Waals surface area contributed by atoms with Crippen LogP contribution in [-0.2, 0) is 0 Å². The number of hydrogen-bond acceptors (Lipinski definition) is 0. The van der Waals surface area contributed by atoms with Crippen LogP contribution in [0.25, 0.3) is 43.9 Å². The summed E-state index contributed by atoms with van der Waals surface area (Å²) in [6.07, 6.45) is 0. The smallest absolute Gasteiger partial charge is 0.0563 e. The van der Waals surface area contributed by atoms with E-state index in [0.29, 0.717) is 0 Å². The molecule has 6 aromatic heterocycles. The fourth-order valence-corrected chi connectivity index (χ4v) is 3.88. The number of aromatic nitrogens is 2. The van der Waals surface area contributed by atoms with Gasteiger partial charge in [-0.1, -0.05) is 12.1 Å². The predicted molar refractivity (Wildman–Crippen MR) is 83.2 cm³/mol. The Bertz CT molecular complexity index is 1140. The van der Waals surface area contributed by atoms with Gasteiger partial charge in [0.05, 0.1) is 22.1 Å². The lowest BCUT2D eigenvalue weighted by atomic mass is 10.2. The first-order valence-electron chi connectivity index (χ1n) is 6.90. The van der Waals surface area contributed by atoms with E-state index in [0.717, 1.165) is 0 Å². The summed E-state index contributed by atoms with van der Waals surface area (Å²) in [4.78, 5) is 0. The molecular formula is C18H10N2. The number of rotatable bonds is 0. The molecule has 0 fully saturated rings. The summed E-state index contributed by atoms with van der Waals surface area (Å²) < 4.78 is 4.75. The minimum atomic E-state index is 1.28. The van der Waals surface area contributed by atoms with Crippen molar-refractivity contribution >= 4 is 43.9 Å². The van der Waals surface area contributed by atoms with Gasteiger partial charge in [-0.2, -0.15) is 0 Å². The third-order valence-corrected chi connectivity index (χ3v) is 4.62. The Morgan fingerprint density at radius 2 is 0.900 bits per heavy atom. The van der Waals surface area contributed by atoms with Crippen LogP contribution in [0.4, 0.5) is 0 Å². The van der Waals surface area contributed by atoms with Crippen molar-refractivity contribution in [2.75, 3.05) is 0 Å². The topological polar surface area (TPSA) is 8.82 Å². The zero-order valence-electron chi connectivity index (χ0n) is 10.7. The first-order valence-corrected chi connectivity index (χ1v) is 6.90. The molecule has 2 heteroatoms. The van der Waals surface area contributed by atoms with Crippen molar-refractivity contribution in [3.63, 3.8) is 0 Å². The first kappa shape index (κ1) is 9.21. The normalized spacial score (nSPS) is 13.0. The van der Waals surface area contributed by atoms with Gasteiger partial charge in [0.2, 0.25) is 0 Å². The zero-order valence-corrected chi connectivity index (χ0v) is 10.7. The van der Waals surface area contributed by atoms with Gasteiger partial charge in [0.1, 0.15) is 0 Å². The fourth-order valence-electron chi connectivity index (χ4n) is 3.88. The van der Waals surface area contributed by atoms with Crippen molar-refractivity contribution in [2.45, 2.75) is 0 Å². The van der Waals surface area contributed by atoms with Crippen LogP contribution in [0.5, 0.6) is 0 Å². The summed E-state index contributed by atoms with van der Waals surface area (Å²) in [5, 5.41) is 2.76. The van der Waals surface area contributed by atoms with Crippen LogP contribution in [-0.4, -0.2) is 8.80 Å². The van der Waals surface area contributed by atoms with Gasteiger partial charge in [0.15, 0.2) is 0 Å². The first-order chi connectivity index (χ1) is 9.93. The van der Waals surface area contributed by atoms with Crippen molar-refractivity contribution in [1.82, 2.24) is 8.80 Å². The van der Waals surface area contributed by atoms with Crippen molar-refractivity contribution in [3.8, 4) is 0 Å². The molecule has 6 aromatic rings. The summed E-state index contributed by atoms with van der Waals surface area (Å²) in [6, 6.07) is 22.0. The van der Waals surface area contributed by atoms with Crippen LogP contribution in [0.15, 0.2) is 60.7 Å². The van der Waals surface area contributed by atoms with Crippen LogP contribution in [0.2, 0.25) is 0 Å². The van der Waals surface area contributed by atoms with Gasteiger partial charge in [0.25, 0.3) is 0 Å². The van der Waals surface area contributed by atoms with Gasteiger partial charge in [-0.05, 0) is 48.5 Å². The predicted octanol–water partition coefficient (Wildman–Crippen LogP) is 4.53. The molecule has 92 valence electrons. The average molecular weight is 254 g/mol. The van der Waals surface area contributed by atoms with Gasteiger partial charge in [-0.3, -0.25) is 0 Å². The third-order valence-electron chi connectivity index (χ3n) is 4.62. The van der Waals surface area contributed by atoms with E-state index in [1.54, 1.807) is 0 Å². The minimum absolute atomic E-state index is 1.28. The van der Waals surface area contributed by atoms with Crippen LogP contribution >= 0.6 is 0 Å². The van der Waals surface area contributed by atoms with E-state index in [1.165, 1.54) is 43.9 Å². The molecule has 2 nitrogen and oxygen atoms in total. The van der Waals surface area contributed by atoms with E-state index in [-0.39, 0.29) is 0 Å². The molecule has 0 amide bonds. The number of nitrogens with zero attached hydrogens (tertiary/aromatic N) is 2. The molecule has 6 rings (SSSR count). The van der Waals surface area contributed by atoms with Crippen LogP contribution in [0, 0.1) is 0 Å². The van der Waals surface area contributed by atoms with Crippen LogP contribution in [0.3, 0.4) is 0 Å². The van der Waals surface area contributed by atoms with Gasteiger partial charge >= 0.3 is 0 Å². The number of pyridine rings is 2. The Morgan fingerprint density at radius 1 is 0.450 bits per heavy atom. The molecule has 20 heavy (non-hydrogen) atoms. The molecule has 6 heterocycles. The molecule has 0 N–H and O–H groups in total. The fraction of sp³-hybridized carbons (Fsp3) is 0. The van der Waals surface area contributed by atoms with Gasteiger partial charge in [-0.15, -0.1) is 0 Å². The molecule has 0 radical (unpaired) electrons. The molecule has 0 aromatic carbocycles. The van der Waals surface area contributed by atoms with Crippen LogP contribution in [0.1, 0.15) is 0 Å². The molecular weight excluding hydrogens is 244 g/mol. The second-order valence-corrected chi connectivity index (χ2v) is 5.53. The third kappa shape index (κ3) is 0.775. The lowest BCUT2D eigenvalue weighted by molar-refractivity contribution is 1.33. The maximum Gasteiger partial charge on any atom is 0.0563 e. The molecule has 0 bridgehead atoms. The molecule has 0 aliphatic heterocycles. The highest BCUT2D eigenvalue weighted by Gasteiger charge is 2.19. The standard InChI is InChI=1S/C18H10N2/c1-3-11-7-9-15-18-16-10-8-12-4-2-6-14(20(12)16)17(18)13(5-1)19(11)15/h1-10H. The van der Waals surface area contributed by atoms with Gasteiger partial charge in [0, 0.05) is 21.8 Å². The second-order valence-electron chi connectivity index (χ2n) is 5.53. The highest BCUT2D eigenvalue weighted by molar-refractivity contribution is 6.25. The van der Waals surface area contributed by atoms with Crippen molar-refractivity contribution in [2.24, 2.45) is 0 Å². The molecule has 0 saturated carbocycles. The molecule has 0 spiro atoms. The summed E-state index contributed by atoms with van der Waals surface area (Å²) in [7, 11) is 0. The van der Waals surface area contributed by atoms with Crippen LogP contribution < -0.4 is 0 Å². The Morgan fingerprint density at radius 3 is 1.40 bits per heavy atom. The summed E-state index contributed by atoms with van der Waals surface area (Å²) >= 11 is 0. The number of hydrogen-bond donors (Lipinski definition) is 0. The van der Waals surface area contributed by atoms with E-state index in [2.05, 4.69) is 69.5 Å². The Balaban J connectivity index is 2.17. The Hall–Kier alpha value is -2.74. The summed E-state index contributed by atoms with van der Waals surface area (Å²) in [5.41, 5.74) is 7.82. The van der Waals surface area contributed by atoms with E-state index in [1.807, 2.05) is 0 Å². The van der Waals surface area contributed by atoms with Crippen molar-refractivity contribution < 1.29 is 0 Å². The molecule has 0 aliphatic rings. The highest BCUT2D eigenvalue weighted by atomic mass is 15.0. The Labute approximate surface area is 114 Å². The molecule has 0 aliphatic carbocycles. The van der Waals surface area contributed by atoms with E-state index in [4.69, 9.17) is 0 Å². The van der Waals surface area contributed by atoms with Crippen molar-refractivity contribution in [3.05, 3.63) is 60.7 Å². The second kappa shape index (κ2) is 2.73. The van der Waals surface area contributed by atoms with Gasteiger partial charge in [-0.25, -0.2) is 0 Å². The molecule has 0 unspecified atom stereocenters. The SMILES string of the molecule is c1cc2ccc3c4c(c(c1)n23)c1cccc2ccc4n21. The number of fused-ring (bicyclic) bond motifs is 5. The summed E-state index contributed by atoms with van der Waals surface area (Å²) in [5.74, 6) is 0. The average Bonchev–Trinajstić information content (AvgIpc) is 3.20. The Kier molecular flexibility index (Phi) is 1.26. The quantitative estimate of drug-likeness (QED) is 0.376. The van der Waals surface area contributed by atoms with E-state index < -0.39 is 0 Å². The molecule has 0 saturated heterocycles. The lowest BCUT2D eigenvalue weighted by Gasteiger charge is -1.99. The monoisotopic (exact) mass is 254 g/mol. The van der Waals surface area contributed by atoms with E-state index >= 15 is 0 Å². The minimum Gasteiger partial charge on any atom is -0.309 e. The van der Waals surface area contributed by atoms with E-state index in [9.17, 15) is 0 Å². The summed E-state index contributed by atoms with van der Waals surface area (Å²) in [6.45, 7) is 0. The maximum absolute atomic E-state index is 2.38. The largest absolute Gasteiger partial charge is 0.309 e. The lowest BCUT2D eigenvalue weighted by Crippen LogP contribution is -1.84. The zero-order chi connectivity index (χ0) is 12.8. The highest BCUT2D eigenvalue weighted by Crippen LogP contribution is 2.40. The molecule has 0 atom stereocenters. The maximum atomic E-state index is 2.38.